The molecule has 0 aliphatic carbocycles. The third-order valence-corrected chi connectivity index (χ3v) is 4.35. The Morgan fingerprint density at radius 3 is 2.35 bits per heavy atom. The van der Waals surface area contributed by atoms with E-state index in [1.165, 1.54) is 0 Å². The molecule has 0 heterocycles. The van der Waals surface area contributed by atoms with Gasteiger partial charge < -0.3 is 5.11 Å². The Bertz CT molecular complexity index is 691. The molecule has 0 amide bonds. The van der Waals surface area contributed by atoms with Gasteiger partial charge in [-0.15, -0.1) is 0 Å². The summed E-state index contributed by atoms with van der Waals surface area (Å²) in [6.07, 6.45) is -0.640. The van der Waals surface area contributed by atoms with Crippen LogP contribution in [-0.2, 0) is 10.0 Å². The van der Waals surface area contributed by atoms with E-state index in [-0.39, 0.29) is 4.90 Å². The zero-order valence-corrected chi connectivity index (χ0v) is 12.2. The summed E-state index contributed by atoms with van der Waals surface area (Å²) >= 11 is 0. The number of sulfonamides is 1. The van der Waals surface area contributed by atoms with Crippen molar-refractivity contribution in [1.82, 2.24) is 0 Å². The number of hydrogen-bond donors (Lipinski definition) is 2. The lowest BCUT2D eigenvalue weighted by Crippen LogP contribution is -2.13. The second-order valence-electron chi connectivity index (χ2n) is 4.72. The minimum absolute atomic E-state index is 0.213. The lowest BCUT2D eigenvalue weighted by molar-refractivity contribution is 0.199. The van der Waals surface area contributed by atoms with E-state index in [9.17, 15) is 13.5 Å². The van der Waals surface area contributed by atoms with Crippen molar-refractivity contribution in [2.75, 3.05) is 4.72 Å². The number of aliphatic hydroxyl groups is 1. The average Bonchev–Trinajstić information content (AvgIpc) is 2.39. The van der Waals surface area contributed by atoms with E-state index >= 15 is 0 Å². The summed E-state index contributed by atoms with van der Waals surface area (Å²) in [5, 5.41) is 9.52. The van der Waals surface area contributed by atoms with E-state index < -0.39 is 16.1 Å². The summed E-state index contributed by atoms with van der Waals surface area (Å²) in [6.45, 7) is 3.53. The van der Waals surface area contributed by atoms with Crippen LogP contribution in [0.25, 0.3) is 0 Å². The van der Waals surface area contributed by atoms with Crippen molar-refractivity contribution in [3.8, 4) is 0 Å². The summed E-state index contributed by atoms with van der Waals surface area (Å²) in [4.78, 5) is 0.213. The van der Waals surface area contributed by atoms with Crippen molar-refractivity contribution >= 4 is 15.7 Å². The Morgan fingerprint density at radius 2 is 1.75 bits per heavy atom. The second-order valence-corrected chi connectivity index (χ2v) is 6.40. The molecule has 20 heavy (non-hydrogen) atoms. The summed E-state index contributed by atoms with van der Waals surface area (Å²) < 4.78 is 27.0. The summed E-state index contributed by atoms with van der Waals surface area (Å²) in [6, 6.07) is 13.4. The Hall–Kier alpha value is -1.85. The van der Waals surface area contributed by atoms with Crippen molar-refractivity contribution in [1.29, 1.82) is 0 Å². The molecule has 2 aromatic rings. The molecule has 2 rings (SSSR count). The molecule has 0 saturated carbocycles. The van der Waals surface area contributed by atoms with E-state index in [4.69, 9.17) is 0 Å². The molecule has 0 unspecified atom stereocenters. The predicted octanol–water partition coefficient (Wildman–Crippen LogP) is 2.85. The number of hydrogen-bond acceptors (Lipinski definition) is 3. The van der Waals surface area contributed by atoms with Gasteiger partial charge in [-0.1, -0.05) is 29.8 Å². The molecule has 5 heteroatoms. The van der Waals surface area contributed by atoms with Gasteiger partial charge in [0.2, 0.25) is 0 Å². The van der Waals surface area contributed by atoms with Gasteiger partial charge in [0.05, 0.1) is 11.0 Å². The highest BCUT2D eigenvalue weighted by Crippen LogP contribution is 2.20. The molecule has 0 radical (unpaired) electrons. The van der Waals surface area contributed by atoms with Gasteiger partial charge in [0.1, 0.15) is 0 Å². The Morgan fingerprint density at radius 1 is 1.10 bits per heavy atom. The normalized spacial score (nSPS) is 12.9. The lowest BCUT2D eigenvalue weighted by atomic mass is 10.1. The molecule has 0 bridgehead atoms. The van der Waals surface area contributed by atoms with Crippen LogP contribution in [0.4, 0.5) is 5.69 Å². The van der Waals surface area contributed by atoms with Gasteiger partial charge in [-0.05, 0) is 43.7 Å². The van der Waals surface area contributed by atoms with Crippen molar-refractivity contribution in [3.63, 3.8) is 0 Å². The Balaban J connectivity index is 2.28. The largest absolute Gasteiger partial charge is 0.389 e. The van der Waals surface area contributed by atoms with Crippen LogP contribution in [-0.4, -0.2) is 13.5 Å². The molecule has 0 aromatic heterocycles. The number of nitrogens with one attached hydrogen (secondary N) is 1. The molecular weight excluding hydrogens is 274 g/mol. The highest BCUT2D eigenvalue weighted by atomic mass is 32.2. The topological polar surface area (TPSA) is 66.4 Å². The van der Waals surface area contributed by atoms with Gasteiger partial charge in [-0.25, -0.2) is 8.42 Å². The van der Waals surface area contributed by atoms with Crippen LogP contribution in [0.2, 0.25) is 0 Å². The zero-order chi connectivity index (χ0) is 14.8. The molecule has 2 aromatic carbocycles. The van der Waals surface area contributed by atoms with Crippen molar-refractivity contribution in [2.24, 2.45) is 0 Å². The zero-order valence-electron chi connectivity index (χ0n) is 11.4. The van der Waals surface area contributed by atoms with Gasteiger partial charge in [0, 0.05) is 5.69 Å². The SMILES string of the molecule is Cc1ccc(S(=O)(=O)Nc2cccc([C@H](C)O)c2)cc1. The third kappa shape index (κ3) is 3.37. The molecule has 2 N–H and O–H groups in total. The minimum atomic E-state index is -3.60. The maximum Gasteiger partial charge on any atom is 0.261 e. The molecule has 0 aliphatic heterocycles. The first-order valence-electron chi connectivity index (χ1n) is 6.26. The van der Waals surface area contributed by atoms with Gasteiger partial charge in [-0.2, -0.15) is 0 Å². The number of aryl methyl sites for hydroxylation is 1. The molecule has 0 fully saturated rings. The highest BCUT2D eigenvalue weighted by Gasteiger charge is 2.14. The fourth-order valence-corrected chi connectivity index (χ4v) is 2.84. The van der Waals surface area contributed by atoms with Crippen LogP contribution in [0.15, 0.2) is 53.4 Å². The van der Waals surface area contributed by atoms with Gasteiger partial charge in [0.25, 0.3) is 10.0 Å². The van der Waals surface area contributed by atoms with Crippen LogP contribution in [0.5, 0.6) is 0 Å². The number of anilines is 1. The van der Waals surface area contributed by atoms with E-state index in [0.29, 0.717) is 11.3 Å². The van der Waals surface area contributed by atoms with E-state index in [1.54, 1.807) is 55.5 Å². The summed E-state index contributed by atoms with van der Waals surface area (Å²) in [5.41, 5.74) is 2.10. The highest BCUT2D eigenvalue weighted by molar-refractivity contribution is 7.92. The first-order valence-corrected chi connectivity index (χ1v) is 7.74. The average molecular weight is 291 g/mol. The van der Waals surface area contributed by atoms with Crippen LogP contribution in [0.3, 0.4) is 0 Å². The number of rotatable bonds is 4. The van der Waals surface area contributed by atoms with Crippen LogP contribution >= 0.6 is 0 Å². The van der Waals surface area contributed by atoms with E-state index in [2.05, 4.69) is 4.72 Å². The molecule has 4 nitrogen and oxygen atoms in total. The third-order valence-electron chi connectivity index (χ3n) is 2.95. The van der Waals surface area contributed by atoms with E-state index in [1.807, 2.05) is 6.92 Å². The fourth-order valence-electron chi connectivity index (χ4n) is 1.79. The predicted molar refractivity (Wildman–Crippen MR) is 79.1 cm³/mol. The molecular formula is C15H17NO3S. The van der Waals surface area contributed by atoms with Gasteiger partial charge >= 0.3 is 0 Å². The molecule has 0 aliphatic rings. The maximum atomic E-state index is 12.2. The number of aliphatic hydroxyl groups excluding tert-OH is 1. The maximum absolute atomic E-state index is 12.2. The number of benzene rings is 2. The van der Waals surface area contributed by atoms with Gasteiger partial charge in [0.15, 0.2) is 0 Å². The quantitative estimate of drug-likeness (QED) is 0.910. The van der Waals surface area contributed by atoms with Crippen molar-refractivity contribution < 1.29 is 13.5 Å². The molecule has 106 valence electrons. The monoisotopic (exact) mass is 291 g/mol. The standard InChI is InChI=1S/C15H17NO3S/c1-11-6-8-15(9-7-11)20(18,19)16-14-5-3-4-13(10-14)12(2)17/h3-10,12,16-17H,1-2H3/t12-/m0/s1. The smallest absolute Gasteiger partial charge is 0.261 e. The van der Waals surface area contributed by atoms with Crippen molar-refractivity contribution in [2.45, 2.75) is 24.8 Å². The fraction of sp³-hybridized carbons (Fsp3) is 0.200. The van der Waals surface area contributed by atoms with E-state index in [0.717, 1.165) is 5.56 Å². The molecule has 0 saturated heterocycles. The Kier molecular flexibility index (Phi) is 4.11. The van der Waals surface area contributed by atoms with Crippen molar-refractivity contribution in [3.05, 3.63) is 59.7 Å². The summed E-state index contributed by atoms with van der Waals surface area (Å²) in [7, 11) is -3.60. The lowest BCUT2D eigenvalue weighted by Gasteiger charge is -2.11. The first kappa shape index (κ1) is 14.6. The van der Waals surface area contributed by atoms with Crippen LogP contribution in [0, 0.1) is 6.92 Å². The summed E-state index contributed by atoms with van der Waals surface area (Å²) in [5.74, 6) is 0. The second kappa shape index (κ2) is 5.64. The van der Waals surface area contributed by atoms with Crippen LogP contribution < -0.4 is 4.72 Å². The molecule has 0 spiro atoms. The van der Waals surface area contributed by atoms with Gasteiger partial charge in [-0.3, -0.25) is 4.72 Å². The molecule has 1 atom stereocenters. The first-order chi connectivity index (χ1) is 9.38. The van der Waals surface area contributed by atoms with Crippen LogP contribution in [0.1, 0.15) is 24.2 Å². The minimum Gasteiger partial charge on any atom is -0.389 e. The Labute approximate surface area is 119 Å².